The van der Waals surface area contributed by atoms with E-state index in [9.17, 15) is 25.2 Å². The third-order valence-corrected chi connectivity index (χ3v) is 9.08. The zero-order valence-corrected chi connectivity index (χ0v) is 26.9. The van der Waals surface area contributed by atoms with Gasteiger partial charge in [0, 0.05) is 18.4 Å². The van der Waals surface area contributed by atoms with Gasteiger partial charge in [-0.3, -0.25) is 0 Å². The molecule has 7 atom stereocenters. The Hall–Kier alpha value is -0.990. The fraction of sp³-hybridized carbons (Fsp3) is 0.914. The summed E-state index contributed by atoms with van der Waals surface area (Å²) < 4.78 is 11.1. The Morgan fingerprint density at radius 1 is 0.690 bits per heavy atom. The number of hydrogen-bond acceptors (Lipinski definition) is 7. The van der Waals surface area contributed by atoms with Gasteiger partial charge in [-0.15, -0.1) is 0 Å². The molecular formula is C35H64O7. The molecule has 2 heterocycles. The highest BCUT2D eigenvalue weighted by Gasteiger charge is 2.35. The van der Waals surface area contributed by atoms with Crippen molar-refractivity contribution in [3.05, 3.63) is 11.6 Å². The summed E-state index contributed by atoms with van der Waals surface area (Å²) in [6.45, 7) is 4.07. The second-order valence-corrected chi connectivity index (χ2v) is 13.1. The van der Waals surface area contributed by atoms with E-state index < -0.39 is 24.4 Å². The van der Waals surface area contributed by atoms with Gasteiger partial charge in [0.1, 0.15) is 6.10 Å². The highest BCUT2D eigenvalue weighted by Crippen LogP contribution is 2.29. The Kier molecular flexibility index (Phi) is 19.9. The minimum Gasteiger partial charge on any atom is -0.455 e. The van der Waals surface area contributed by atoms with Crippen LogP contribution in [0, 0.1) is 0 Å². The van der Waals surface area contributed by atoms with Gasteiger partial charge in [-0.25, -0.2) is 4.79 Å². The maximum atomic E-state index is 11.7. The van der Waals surface area contributed by atoms with Crippen LogP contribution < -0.4 is 0 Å². The number of aliphatic hydroxyl groups excluding tert-OH is 4. The maximum Gasteiger partial charge on any atom is 0.334 e. The number of aliphatic hydroxyl groups is 4. The third-order valence-electron chi connectivity index (χ3n) is 9.08. The minimum atomic E-state index is -0.710. The molecule has 0 spiro atoms. The summed E-state index contributed by atoms with van der Waals surface area (Å²) >= 11 is 0. The van der Waals surface area contributed by atoms with E-state index in [4.69, 9.17) is 9.47 Å². The van der Waals surface area contributed by atoms with E-state index in [2.05, 4.69) is 6.92 Å². The van der Waals surface area contributed by atoms with Crippen LogP contribution >= 0.6 is 0 Å². The van der Waals surface area contributed by atoms with Crippen LogP contribution in [0.1, 0.15) is 162 Å². The number of hydrogen-bond donors (Lipinski definition) is 4. The van der Waals surface area contributed by atoms with Crippen molar-refractivity contribution >= 4 is 5.97 Å². The molecule has 0 aromatic carbocycles. The molecule has 2 aliphatic heterocycles. The quantitative estimate of drug-likeness (QED) is 0.0624. The highest BCUT2D eigenvalue weighted by atomic mass is 16.5. The number of carbonyl (C=O) groups excluding carboxylic acids is 1. The van der Waals surface area contributed by atoms with Gasteiger partial charge < -0.3 is 29.9 Å². The van der Waals surface area contributed by atoms with Crippen molar-refractivity contribution in [1.29, 1.82) is 0 Å². The fourth-order valence-electron chi connectivity index (χ4n) is 6.43. The fourth-order valence-corrected chi connectivity index (χ4v) is 6.43. The van der Waals surface area contributed by atoms with Gasteiger partial charge in [0.15, 0.2) is 0 Å². The van der Waals surface area contributed by atoms with E-state index in [0.717, 1.165) is 57.8 Å². The monoisotopic (exact) mass is 596 g/mol. The van der Waals surface area contributed by atoms with Crippen molar-refractivity contribution in [1.82, 2.24) is 0 Å². The number of rotatable bonds is 26. The number of ether oxygens (including phenoxy) is 2. The zero-order chi connectivity index (χ0) is 30.6. The predicted octanol–water partition coefficient (Wildman–Crippen LogP) is 7.06. The van der Waals surface area contributed by atoms with E-state index in [1.807, 2.05) is 6.92 Å². The van der Waals surface area contributed by atoms with Gasteiger partial charge in [-0.05, 0) is 45.1 Å². The smallest absolute Gasteiger partial charge is 0.334 e. The molecule has 1 saturated heterocycles. The van der Waals surface area contributed by atoms with Crippen molar-refractivity contribution in [3.63, 3.8) is 0 Å². The first kappa shape index (κ1) is 37.2. The molecule has 246 valence electrons. The van der Waals surface area contributed by atoms with E-state index >= 15 is 0 Å². The molecule has 7 nitrogen and oxygen atoms in total. The first-order valence-corrected chi connectivity index (χ1v) is 17.6. The van der Waals surface area contributed by atoms with E-state index in [0.29, 0.717) is 31.3 Å². The van der Waals surface area contributed by atoms with Gasteiger partial charge in [0.05, 0.1) is 36.6 Å². The molecular weight excluding hydrogens is 532 g/mol. The van der Waals surface area contributed by atoms with E-state index in [1.54, 1.807) is 6.08 Å². The summed E-state index contributed by atoms with van der Waals surface area (Å²) in [5, 5.41) is 41.9. The van der Waals surface area contributed by atoms with E-state index in [-0.39, 0.29) is 24.3 Å². The van der Waals surface area contributed by atoms with Crippen molar-refractivity contribution in [2.75, 3.05) is 0 Å². The van der Waals surface area contributed by atoms with Crippen LogP contribution in [-0.4, -0.2) is 69.1 Å². The molecule has 0 aliphatic carbocycles. The maximum absolute atomic E-state index is 11.7. The third kappa shape index (κ3) is 16.2. The lowest BCUT2D eigenvalue weighted by Crippen LogP contribution is -2.33. The summed E-state index contributed by atoms with van der Waals surface area (Å²) in [6.07, 6.45) is 22.2. The Morgan fingerprint density at radius 2 is 1.17 bits per heavy atom. The van der Waals surface area contributed by atoms with Gasteiger partial charge in [0.2, 0.25) is 0 Å². The molecule has 4 N–H and O–H groups in total. The molecule has 0 radical (unpaired) electrons. The molecule has 2 rings (SSSR count). The largest absolute Gasteiger partial charge is 0.455 e. The molecule has 7 heteroatoms. The van der Waals surface area contributed by atoms with Crippen LogP contribution in [0.3, 0.4) is 0 Å². The minimum absolute atomic E-state index is 0.202. The van der Waals surface area contributed by atoms with Crippen molar-refractivity contribution < 1.29 is 34.7 Å². The molecule has 0 saturated carbocycles. The van der Waals surface area contributed by atoms with Gasteiger partial charge in [-0.1, -0.05) is 110 Å². The van der Waals surface area contributed by atoms with Crippen LogP contribution in [-0.2, 0) is 14.3 Å². The van der Waals surface area contributed by atoms with Crippen molar-refractivity contribution in [3.8, 4) is 0 Å². The first-order chi connectivity index (χ1) is 20.3. The van der Waals surface area contributed by atoms with Crippen LogP contribution in [0.2, 0.25) is 0 Å². The van der Waals surface area contributed by atoms with Crippen molar-refractivity contribution in [2.45, 2.75) is 204 Å². The molecule has 0 bridgehead atoms. The average molecular weight is 597 g/mol. The van der Waals surface area contributed by atoms with Crippen LogP contribution in [0.15, 0.2) is 11.6 Å². The standard InChI is InChI=1S/C35H64O7/c1-3-4-5-6-7-8-9-10-11-12-13-18-21-31(38)33-22-23-34(42-33)32(39)26-30(37)20-17-15-14-16-19-29(36)25-28-24-27(2)41-35(28)40/h24,27,29-34,36-39H,3-23,25-26H2,1-2H3/t27-,29+,30?,31+,32+,33+,34+/m0/s1. The summed E-state index contributed by atoms with van der Waals surface area (Å²) in [5.74, 6) is -0.317. The Bertz CT molecular complexity index is 726. The second kappa shape index (κ2) is 22.5. The van der Waals surface area contributed by atoms with Gasteiger partial charge in [0.25, 0.3) is 0 Å². The Balaban J connectivity index is 1.43. The molecule has 2 aliphatic rings. The molecule has 1 unspecified atom stereocenters. The lowest BCUT2D eigenvalue weighted by molar-refractivity contribution is -0.139. The van der Waals surface area contributed by atoms with Gasteiger partial charge in [-0.2, -0.15) is 0 Å². The first-order valence-electron chi connectivity index (χ1n) is 17.6. The molecule has 42 heavy (non-hydrogen) atoms. The lowest BCUT2D eigenvalue weighted by atomic mass is 9.98. The average Bonchev–Trinajstić information content (AvgIpc) is 3.57. The lowest BCUT2D eigenvalue weighted by Gasteiger charge is -2.23. The number of cyclic esters (lactones) is 1. The van der Waals surface area contributed by atoms with Crippen LogP contribution in [0.5, 0.6) is 0 Å². The molecule has 0 aromatic rings. The number of unbranched alkanes of at least 4 members (excludes halogenated alkanes) is 14. The number of carbonyl (C=O) groups is 1. The Labute approximate surface area is 256 Å². The predicted molar refractivity (Wildman–Crippen MR) is 168 cm³/mol. The van der Waals surface area contributed by atoms with Crippen molar-refractivity contribution in [2.24, 2.45) is 0 Å². The normalized spacial score (nSPS) is 23.5. The van der Waals surface area contributed by atoms with Crippen LogP contribution in [0.25, 0.3) is 0 Å². The molecule has 0 amide bonds. The molecule has 1 fully saturated rings. The highest BCUT2D eigenvalue weighted by molar-refractivity contribution is 5.90. The Morgan fingerprint density at radius 3 is 1.69 bits per heavy atom. The topological polar surface area (TPSA) is 116 Å². The summed E-state index contributed by atoms with van der Waals surface area (Å²) in [7, 11) is 0. The second-order valence-electron chi connectivity index (χ2n) is 13.1. The van der Waals surface area contributed by atoms with Crippen LogP contribution in [0.4, 0.5) is 0 Å². The molecule has 0 aromatic heterocycles. The summed E-state index contributed by atoms with van der Waals surface area (Å²) in [5.41, 5.74) is 0.573. The van der Waals surface area contributed by atoms with E-state index in [1.165, 1.54) is 64.2 Å². The SMILES string of the molecule is CCCCCCCCCCCCCC[C@@H](O)[C@H]1CC[C@H]([C@H](O)CC(O)CCCCCC[C@@H](O)CC2=C[C@H](C)OC2=O)O1. The number of esters is 1. The summed E-state index contributed by atoms with van der Waals surface area (Å²) in [4.78, 5) is 11.7. The van der Waals surface area contributed by atoms with Gasteiger partial charge >= 0.3 is 5.97 Å². The zero-order valence-electron chi connectivity index (χ0n) is 26.9. The summed E-state index contributed by atoms with van der Waals surface area (Å²) in [6, 6.07) is 0.